The van der Waals surface area contributed by atoms with E-state index in [-0.39, 0.29) is 28.6 Å². The number of hydrogen-bond acceptors (Lipinski definition) is 9. The molecule has 2 aromatic carbocycles. The number of carbonyl (C=O) groups excluding carboxylic acids is 3. The van der Waals surface area contributed by atoms with E-state index in [1.807, 2.05) is 24.8 Å². The van der Waals surface area contributed by atoms with Crippen molar-refractivity contribution in [1.82, 2.24) is 40.6 Å². The number of likely N-dealkylation sites (tertiary alicyclic amines) is 1. The van der Waals surface area contributed by atoms with Crippen LogP contribution < -0.4 is 15.0 Å². The molecule has 48 heavy (non-hydrogen) atoms. The maximum atomic E-state index is 13.5. The van der Waals surface area contributed by atoms with Crippen molar-refractivity contribution in [3.05, 3.63) is 88.4 Å². The summed E-state index contributed by atoms with van der Waals surface area (Å²) in [5.74, 6) is -0.404. The highest BCUT2D eigenvalue weighted by atomic mass is 35.5. The molecule has 1 N–H and O–H groups in total. The molecule has 15 heteroatoms. The maximum absolute atomic E-state index is 13.5. The molecule has 1 saturated heterocycles. The van der Waals surface area contributed by atoms with Gasteiger partial charge in [-0.3, -0.25) is 14.5 Å². The minimum atomic E-state index is -0.680. The summed E-state index contributed by atoms with van der Waals surface area (Å²) < 4.78 is 7.09. The van der Waals surface area contributed by atoms with Gasteiger partial charge in [0.25, 0.3) is 0 Å². The number of aromatic nitrogens is 6. The number of anilines is 1. The molecule has 4 aromatic rings. The van der Waals surface area contributed by atoms with Crippen LogP contribution in [0.15, 0.2) is 67.0 Å². The predicted molar refractivity (Wildman–Crippen MR) is 181 cm³/mol. The number of hydrogen-bond donors (Lipinski definition) is 1. The van der Waals surface area contributed by atoms with Gasteiger partial charge in [-0.05, 0) is 72.0 Å². The molecule has 0 radical (unpaired) electrons. The Balaban J connectivity index is 1.40. The standard InChI is InChI=1S/C33H35Cl2N9O4/c1-21(2)32(46)43-15-7-8-22(19-43)16-26(37-30(45)14-11-23-17-24(34)12-13-28(23)44-20-36-40-41-44)27-18-29(31(35)39-38-27)48-33(47)42(3)25-9-5-4-6-10-25/h4-6,9-14,17-18,20-22,26H,7-8,15-16,19H2,1-3H3,(H,37,45)/b14-11+/t22?,26-/m0/s1. The number of benzene rings is 2. The van der Waals surface area contributed by atoms with Crippen LogP contribution in [-0.4, -0.2) is 73.3 Å². The van der Waals surface area contributed by atoms with Gasteiger partial charge < -0.3 is 15.0 Å². The summed E-state index contributed by atoms with van der Waals surface area (Å²) >= 11 is 12.6. The summed E-state index contributed by atoms with van der Waals surface area (Å²) in [5, 5.41) is 23.0. The molecule has 0 bridgehead atoms. The van der Waals surface area contributed by atoms with Gasteiger partial charge in [-0.2, -0.15) is 9.78 Å². The summed E-state index contributed by atoms with van der Waals surface area (Å²) in [5.41, 5.74) is 2.20. The van der Waals surface area contributed by atoms with Crippen LogP contribution in [0.5, 0.6) is 5.75 Å². The first-order valence-electron chi connectivity index (χ1n) is 15.4. The van der Waals surface area contributed by atoms with Crippen molar-refractivity contribution in [2.45, 2.75) is 39.2 Å². The molecule has 5 rings (SSSR count). The van der Waals surface area contributed by atoms with E-state index in [1.54, 1.807) is 55.6 Å². The lowest BCUT2D eigenvalue weighted by atomic mass is 9.89. The number of tetrazole rings is 1. The zero-order chi connectivity index (χ0) is 34.2. The van der Waals surface area contributed by atoms with Crippen molar-refractivity contribution >= 4 is 52.9 Å². The first kappa shape index (κ1) is 34.5. The Morgan fingerprint density at radius 2 is 1.90 bits per heavy atom. The van der Waals surface area contributed by atoms with Gasteiger partial charge in [0, 0.05) is 54.5 Å². The first-order valence-corrected chi connectivity index (χ1v) is 16.2. The van der Waals surface area contributed by atoms with Gasteiger partial charge in [0.15, 0.2) is 10.9 Å². The monoisotopic (exact) mass is 691 g/mol. The third-order valence-electron chi connectivity index (χ3n) is 7.92. The molecule has 3 heterocycles. The molecule has 0 aliphatic carbocycles. The minimum absolute atomic E-state index is 0.00509. The maximum Gasteiger partial charge on any atom is 0.419 e. The highest BCUT2D eigenvalue weighted by Gasteiger charge is 2.29. The average Bonchev–Trinajstić information content (AvgIpc) is 3.63. The number of rotatable bonds is 10. The zero-order valence-electron chi connectivity index (χ0n) is 26.7. The molecule has 2 atom stereocenters. The van der Waals surface area contributed by atoms with Crippen molar-refractivity contribution in [2.24, 2.45) is 11.8 Å². The lowest BCUT2D eigenvalue weighted by Crippen LogP contribution is -2.43. The van der Waals surface area contributed by atoms with Gasteiger partial charge in [-0.25, -0.2) is 4.79 Å². The summed E-state index contributed by atoms with van der Waals surface area (Å²) in [4.78, 5) is 42.5. The minimum Gasteiger partial charge on any atom is -0.406 e. The Morgan fingerprint density at radius 3 is 2.62 bits per heavy atom. The number of amides is 3. The van der Waals surface area contributed by atoms with Gasteiger partial charge in [-0.1, -0.05) is 55.2 Å². The van der Waals surface area contributed by atoms with Crippen LogP contribution in [0.3, 0.4) is 0 Å². The third-order valence-corrected chi connectivity index (χ3v) is 8.41. The molecular formula is C33H35Cl2N9O4. The fraction of sp³-hybridized carbons (Fsp3) is 0.333. The van der Waals surface area contributed by atoms with Crippen LogP contribution >= 0.6 is 23.2 Å². The van der Waals surface area contributed by atoms with Crippen molar-refractivity contribution in [1.29, 1.82) is 0 Å². The van der Waals surface area contributed by atoms with Crippen LogP contribution in [0.25, 0.3) is 11.8 Å². The Labute approximate surface area is 287 Å². The van der Waals surface area contributed by atoms with Gasteiger partial charge in [-0.15, -0.1) is 10.2 Å². The Bertz CT molecular complexity index is 1770. The molecule has 1 aliphatic rings. The first-order chi connectivity index (χ1) is 23.1. The largest absolute Gasteiger partial charge is 0.419 e. The van der Waals surface area contributed by atoms with Gasteiger partial charge in [0.1, 0.15) is 6.33 Å². The van der Waals surface area contributed by atoms with E-state index < -0.39 is 18.0 Å². The molecule has 250 valence electrons. The van der Waals surface area contributed by atoms with E-state index in [0.29, 0.717) is 47.2 Å². The van der Waals surface area contributed by atoms with Gasteiger partial charge in [0.05, 0.1) is 17.4 Å². The van der Waals surface area contributed by atoms with Crippen molar-refractivity contribution in [3.63, 3.8) is 0 Å². The van der Waals surface area contributed by atoms with Crippen LogP contribution in [-0.2, 0) is 9.59 Å². The van der Waals surface area contributed by atoms with E-state index in [0.717, 1.165) is 12.8 Å². The quantitative estimate of drug-likeness (QED) is 0.211. The Hall–Kier alpha value is -4.88. The van der Waals surface area contributed by atoms with E-state index in [9.17, 15) is 14.4 Å². The fourth-order valence-corrected chi connectivity index (χ4v) is 5.78. The second kappa shape index (κ2) is 15.8. The van der Waals surface area contributed by atoms with Crippen LogP contribution in [0, 0.1) is 11.8 Å². The number of para-hydroxylation sites is 1. The molecule has 2 aromatic heterocycles. The summed E-state index contributed by atoms with van der Waals surface area (Å²) in [6, 6.07) is 15.0. The number of carbonyl (C=O) groups is 3. The number of halogens is 2. The summed E-state index contributed by atoms with van der Waals surface area (Å²) in [7, 11) is 1.58. The zero-order valence-corrected chi connectivity index (χ0v) is 28.2. The van der Waals surface area contributed by atoms with Crippen LogP contribution in [0.1, 0.15) is 50.4 Å². The molecule has 1 unspecified atom stereocenters. The average molecular weight is 693 g/mol. The lowest BCUT2D eigenvalue weighted by Gasteiger charge is -2.35. The molecule has 1 fully saturated rings. The smallest absolute Gasteiger partial charge is 0.406 e. The SMILES string of the molecule is CC(C)C(=O)N1CCCC(C[C@H](NC(=O)/C=C/c2cc(Cl)ccc2-n2cnnn2)c2cc(OC(=O)N(C)c3ccccc3)c(Cl)nn2)C1. The molecule has 0 saturated carbocycles. The second-order valence-corrected chi connectivity index (χ2v) is 12.5. The van der Waals surface area contributed by atoms with E-state index >= 15 is 0 Å². The second-order valence-electron chi connectivity index (χ2n) is 11.7. The van der Waals surface area contributed by atoms with Crippen molar-refractivity contribution in [2.75, 3.05) is 25.0 Å². The van der Waals surface area contributed by atoms with Gasteiger partial charge >= 0.3 is 6.09 Å². The number of nitrogens with zero attached hydrogens (tertiary/aromatic N) is 8. The number of piperidine rings is 1. The van der Waals surface area contributed by atoms with Crippen LogP contribution in [0.4, 0.5) is 10.5 Å². The predicted octanol–water partition coefficient (Wildman–Crippen LogP) is 5.55. The lowest BCUT2D eigenvalue weighted by molar-refractivity contribution is -0.136. The molecule has 1 aliphatic heterocycles. The molecule has 13 nitrogen and oxygen atoms in total. The molecule has 3 amide bonds. The van der Waals surface area contributed by atoms with Crippen molar-refractivity contribution < 1.29 is 19.1 Å². The van der Waals surface area contributed by atoms with E-state index in [4.69, 9.17) is 27.9 Å². The number of nitrogens with one attached hydrogen (secondary N) is 1. The summed E-state index contributed by atoms with van der Waals surface area (Å²) in [6.45, 7) is 4.99. The van der Waals surface area contributed by atoms with E-state index in [2.05, 4.69) is 31.0 Å². The molecular weight excluding hydrogens is 657 g/mol. The normalized spacial score (nSPS) is 15.4. The Kier molecular flexibility index (Phi) is 11.3. The van der Waals surface area contributed by atoms with Crippen LogP contribution in [0.2, 0.25) is 10.2 Å². The summed E-state index contributed by atoms with van der Waals surface area (Å²) in [6.07, 6.45) is 5.88. The third kappa shape index (κ3) is 8.72. The van der Waals surface area contributed by atoms with Gasteiger partial charge in [0.2, 0.25) is 11.8 Å². The molecule has 0 spiro atoms. The topological polar surface area (TPSA) is 148 Å². The highest BCUT2D eigenvalue weighted by molar-refractivity contribution is 6.31. The van der Waals surface area contributed by atoms with Crippen molar-refractivity contribution in [3.8, 4) is 11.4 Å². The number of ether oxygens (including phenoxy) is 1. The fourth-order valence-electron chi connectivity index (χ4n) is 5.47. The van der Waals surface area contributed by atoms with E-state index in [1.165, 1.54) is 28.1 Å². The Morgan fingerprint density at radius 1 is 1.10 bits per heavy atom. The highest BCUT2D eigenvalue weighted by Crippen LogP contribution is 2.31.